The van der Waals surface area contributed by atoms with Crippen LogP contribution < -0.4 is 10.6 Å². The van der Waals surface area contributed by atoms with Gasteiger partial charge < -0.3 is 15.2 Å². The lowest BCUT2D eigenvalue weighted by molar-refractivity contribution is -0.140. The first-order chi connectivity index (χ1) is 16.4. The van der Waals surface area contributed by atoms with E-state index in [1.807, 2.05) is 55.5 Å². The molecule has 10 nitrogen and oxygen atoms in total. The fourth-order valence-electron chi connectivity index (χ4n) is 4.04. The minimum atomic E-state index is -1.14. The average molecular weight is 463 g/mol. The number of anilines is 1. The maximum Gasteiger partial charge on any atom is 0.414 e. The first-order valence-electron chi connectivity index (χ1n) is 11.0. The van der Waals surface area contributed by atoms with Crippen LogP contribution in [0.4, 0.5) is 10.7 Å². The Morgan fingerprint density at radius 2 is 1.71 bits per heavy atom. The molecule has 1 aliphatic rings. The van der Waals surface area contributed by atoms with E-state index in [9.17, 15) is 19.5 Å². The van der Waals surface area contributed by atoms with Gasteiger partial charge in [-0.05, 0) is 28.2 Å². The number of aromatic amines is 1. The minimum absolute atomic E-state index is 0.0971. The van der Waals surface area contributed by atoms with Gasteiger partial charge in [0.1, 0.15) is 12.6 Å². The second-order valence-corrected chi connectivity index (χ2v) is 8.13. The van der Waals surface area contributed by atoms with E-state index in [1.54, 1.807) is 6.92 Å². The zero-order chi connectivity index (χ0) is 24.2. The molecule has 1 aromatic heterocycles. The molecule has 10 heteroatoms. The van der Waals surface area contributed by atoms with E-state index >= 15 is 0 Å². The van der Waals surface area contributed by atoms with Crippen molar-refractivity contribution in [2.24, 2.45) is 5.92 Å². The predicted octanol–water partition coefficient (Wildman–Crippen LogP) is 3.39. The quantitative estimate of drug-likeness (QED) is 0.400. The molecule has 0 fully saturated rings. The van der Waals surface area contributed by atoms with Crippen molar-refractivity contribution < 1.29 is 24.2 Å². The fourth-order valence-corrected chi connectivity index (χ4v) is 4.04. The molecule has 34 heavy (non-hydrogen) atoms. The van der Waals surface area contributed by atoms with Crippen LogP contribution in [-0.4, -0.2) is 50.9 Å². The summed E-state index contributed by atoms with van der Waals surface area (Å²) in [5, 5.41) is 20.3. The van der Waals surface area contributed by atoms with Crippen LogP contribution in [-0.2, 0) is 9.53 Å². The van der Waals surface area contributed by atoms with Crippen molar-refractivity contribution in [2.45, 2.75) is 32.2 Å². The highest BCUT2D eigenvalue weighted by molar-refractivity contribution is 5.94. The van der Waals surface area contributed by atoms with Crippen LogP contribution in [0.5, 0.6) is 0 Å². The number of nitrogens with zero attached hydrogens (tertiary/aromatic N) is 2. The van der Waals surface area contributed by atoms with Crippen LogP contribution in [0.1, 0.15) is 47.9 Å². The molecule has 176 valence electrons. The molecule has 2 aromatic carbocycles. The highest BCUT2D eigenvalue weighted by Crippen LogP contribution is 2.44. The molecule has 0 saturated carbocycles. The number of nitrogens with one attached hydrogen (secondary N) is 3. The molecule has 1 unspecified atom stereocenters. The summed E-state index contributed by atoms with van der Waals surface area (Å²) in [6.45, 7) is 3.67. The maximum atomic E-state index is 12.4. The van der Waals surface area contributed by atoms with Gasteiger partial charge in [0.15, 0.2) is 0 Å². The molecule has 2 atom stereocenters. The fraction of sp³-hybridized carbons (Fsp3) is 0.292. The Hall–Kier alpha value is -4.21. The molecule has 4 rings (SSSR count). The Kier molecular flexibility index (Phi) is 6.58. The second-order valence-electron chi connectivity index (χ2n) is 8.13. The van der Waals surface area contributed by atoms with Crippen molar-refractivity contribution in [3.05, 3.63) is 65.5 Å². The average Bonchev–Trinajstić information content (AvgIpc) is 3.43. The lowest BCUT2D eigenvalue weighted by atomic mass is 9.98. The lowest BCUT2D eigenvalue weighted by Gasteiger charge is -2.19. The van der Waals surface area contributed by atoms with Crippen LogP contribution in [0.3, 0.4) is 0 Å². The number of hydrogen-bond donors (Lipinski definition) is 4. The van der Waals surface area contributed by atoms with E-state index in [0.717, 1.165) is 22.3 Å². The number of amides is 2. The number of carbonyl (C=O) groups is 3. The summed E-state index contributed by atoms with van der Waals surface area (Å²) in [4.78, 5) is 40.1. The van der Waals surface area contributed by atoms with Gasteiger partial charge in [0, 0.05) is 5.92 Å². The number of H-pyrrole nitrogens is 1. The smallest absolute Gasteiger partial charge is 0.414 e. The third kappa shape index (κ3) is 4.61. The summed E-state index contributed by atoms with van der Waals surface area (Å²) in [5.41, 5.74) is 4.41. The number of aliphatic carboxylic acids is 1. The monoisotopic (exact) mass is 463 g/mol. The van der Waals surface area contributed by atoms with Gasteiger partial charge in [0.25, 0.3) is 11.9 Å². The molecule has 3 aromatic rings. The summed E-state index contributed by atoms with van der Waals surface area (Å²) >= 11 is 0. The number of aromatic nitrogens is 3. The molecule has 0 radical (unpaired) electrons. The van der Waals surface area contributed by atoms with Gasteiger partial charge >= 0.3 is 12.1 Å². The highest BCUT2D eigenvalue weighted by Gasteiger charge is 2.30. The first-order valence-corrected chi connectivity index (χ1v) is 11.0. The van der Waals surface area contributed by atoms with E-state index in [2.05, 4.69) is 25.8 Å². The highest BCUT2D eigenvalue weighted by atomic mass is 16.5. The molecule has 0 saturated heterocycles. The third-order valence-electron chi connectivity index (χ3n) is 6.02. The van der Waals surface area contributed by atoms with Gasteiger partial charge in [-0.25, -0.2) is 9.59 Å². The van der Waals surface area contributed by atoms with E-state index in [1.165, 1.54) is 0 Å². The molecule has 4 N–H and O–H groups in total. The van der Waals surface area contributed by atoms with E-state index in [-0.39, 0.29) is 30.2 Å². The Morgan fingerprint density at radius 1 is 1.09 bits per heavy atom. The maximum absolute atomic E-state index is 12.4. The van der Waals surface area contributed by atoms with Crippen molar-refractivity contribution in [1.29, 1.82) is 0 Å². The Morgan fingerprint density at radius 3 is 2.29 bits per heavy atom. The largest absolute Gasteiger partial charge is 0.480 e. The first kappa shape index (κ1) is 23.0. The Labute approximate surface area is 195 Å². The standard InChI is InChI=1S/C24H25N5O5/c1-3-13(2)19(22(31)32)25-21(30)20-26-23(29-28-20)27-24(33)34-12-18-16-10-6-4-8-14(16)15-9-5-7-11-17(15)18/h4-11,13,18-19H,3,12H2,1-2H3,(H,25,30)(H,31,32)(H2,26,27,28,29,33)/t13?,19-/m0/s1. The van der Waals surface area contributed by atoms with Gasteiger partial charge in [-0.2, -0.15) is 4.98 Å². The Bertz CT molecular complexity index is 1180. The van der Waals surface area contributed by atoms with Crippen molar-refractivity contribution >= 4 is 23.9 Å². The number of carboxylic acid groups (broad SMARTS) is 1. The Balaban J connectivity index is 1.37. The summed E-state index contributed by atoms with van der Waals surface area (Å²) in [6.07, 6.45) is -0.196. The number of hydrogen-bond acceptors (Lipinski definition) is 6. The molecular formula is C24H25N5O5. The zero-order valence-electron chi connectivity index (χ0n) is 18.7. The third-order valence-corrected chi connectivity index (χ3v) is 6.02. The van der Waals surface area contributed by atoms with E-state index in [0.29, 0.717) is 6.42 Å². The molecule has 0 spiro atoms. The van der Waals surface area contributed by atoms with Crippen LogP contribution >= 0.6 is 0 Å². The van der Waals surface area contributed by atoms with Gasteiger partial charge in [0.2, 0.25) is 5.82 Å². The molecule has 1 aliphatic carbocycles. The van der Waals surface area contributed by atoms with Gasteiger partial charge in [-0.1, -0.05) is 68.8 Å². The minimum Gasteiger partial charge on any atom is -0.480 e. The van der Waals surface area contributed by atoms with E-state index in [4.69, 9.17) is 4.74 Å². The summed E-state index contributed by atoms with van der Waals surface area (Å²) < 4.78 is 5.43. The number of ether oxygens (including phenoxy) is 1. The zero-order valence-corrected chi connectivity index (χ0v) is 18.7. The molecule has 1 heterocycles. The molecular weight excluding hydrogens is 438 g/mol. The van der Waals surface area contributed by atoms with Crippen molar-refractivity contribution in [3.63, 3.8) is 0 Å². The molecule has 2 amide bonds. The number of carboxylic acids is 1. The van der Waals surface area contributed by atoms with E-state index < -0.39 is 24.0 Å². The van der Waals surface area contributed by atoms with Crippen molar-refractivity contribution in [1.82, 2.24) is 20.5 Å². The van der Waals surface area contributed by atoms with Crippen LogP contribution in [0, 0.1) is 5.92 Å². The predicted molar refractivity (Wildman–Crippen MR) is 123 cm³/mol. The van der Waals surface area contributed by atoms with Crippen molar-refractivity contribution in [2.75, 3.05) is 11.9 Å². The summed E-state index contributed by atoms with van der Waals surface area (Å²) in [7, 11) is 0. The summed E-state index contributed by atoms with van der Waals surface area (Å²) in [6, 6.07) is 14.9. The van der Waals surface area contributed by atoms with Gasteiger partial charge in [0.05, 0.1) is 0 Å². The second kappa shape index (κ2) is 9.74. The summed E-state index contributed by atoms with van der Waals surface area (Å²) in [5.74, 6) is -2.62. The van der Waals surface area contributed by atoms with Crippen molar-refractivity contribution in [3.8, 4) is 11.1 Å². The lowest BCUT2D eigenvalue weighted by Crippen LogP contribution is -2.45. The SMILES string of the molecule is CCC(C)[C@H](NC(=O)c1nc(NC(=O)OCC2c3ccccc3-c3ccccc32)n[nH]1)C(=O)O. The van der Waals surface area contributed by atoms with Gasteiger partial charge in [-0.15, -0.1) is 5.10 Å². The van der Waals surface area contributed by atoms with Gasteiger partial charge in [-0.3, -0.25) is 15.2 Å². The normalized spacial score (nSPS) is 13.9. The topological polar surface area (TPSA) is 146 Å². The number of rotatable bonds is 8. The van der Waals surface area contributed by atoms with Crippen LogP contribution in [0.25, 0.3) is 11.1 Å². The number of fused-ring (bicyclic) bond motifs is 3. The van der Waals surface area contributed by atoms with Crippen LogP contribution in [0.2, 0.25) is 0 Å². The molecule has 0 bridgehead atoms. The van der Waals surface area contributed by atoms with Crippen LogP contribution in [0.15, 0.2) is 48.5 Å². The number of benzene rings is 2. The number of carbonyl (C=O) groups excluding carboxylic acids is 2. The molecule has 0 aliphatic heterocycles.